The van der Waals surface area contributed by atoms with Crippen molar-refractivity contribution in [3.63, 3.8) is 0 Å². The molecule has 0 atom stereocenters. The zero-order valence-corrected chi connectivity index (χ0v) is 19.7. The van der Waals surface area contributed by atoms with Gasteiger partial charge in [0.25, 0.3) is 0 Å². The van der Waals surface area contributed by atoms with Crippen molar-refractivity contribution >= 4 is 34.3 Å². The van der Waals surface area contributed by atoms with E-state index in [0.717, 1.165) is 16.5 Å². The van der Waals surface area contributed by atoms with Gasteiger partial charge in [0.15, 0.2) is 12.4 Å². The van der Waals surface area contributed by atoms with E-state index in [-0.39, 0.29) is 18.3 Å². The standard InChI is InChI=1S/C28H23NO7/c1-17-13-27(32)36-26-14-23(11-12-24(17)26)34-15-19-3-5-21(6-4-19)28(33)35-16-25(31)20-7-9-22(10-8-20)29-18(2)30/h3-14H,15-16H2,1-2H3,(H,29,30). The lowest BCUT2D eigenvalue weighted by molar-refractivity contribution is -0.114. The molecule has 1 N–H and O–H groups in total. The fraction of sp³-hybridized carbons (Fsp3) is 0.143. The van der Waals surface area contributed by atoms with Crippen LogP contribution in [0.5, 0.6) is 5.75 Å². The zero-order chi connectivity index (χ0) is 25.7. The van der Waals surface area contributed by atoms with E-state index < -0.39 is 18.2 Å². The molecule has 0 saturated heterocycles. The molecular weight excluding hydrogens is 462 g/mol. The van der Waals surface area contributed by atoms with Gasteiger partial charge in [-0.3, -0.25) is 9.59 Å². The number of fused-ring (bicyclic) bond motifs is 1. The molecule has 0 aliphatic rings. The number of carbonyl (C=O) groups excluding carboxylic acids is 3. The van der Waals surface area contributed by atoms with E-state index >= 15 is 0 Å². The molecule has 1 amide bonds. The third-order valence-electron chi connectivity index (χ3n) is 5.38. The lowest BCUT2D eigenvalue weighted by Crippen LogP contribution is -2.14. The molecular formula is C28H23NO7. The van der Waals surface area contributed by atoms with Gasteiger partial charge in [-0.1, -0.05) is 12.1 Å². The summed E-state index contributed by atoms with van der Waals surface area (Å²) in [4.78, 5) is 47.3. The number of aryl methyl sites for hydroxylation is 1. The van der Waals surface area contributed by atoms with Crippen LogP contribution in [0.4, 0.5) is 5.69 Å². The molecule has 0 saturated carbocycles. The summed E-state index contributed by atoms with van der Waals surface area (Å²) >= 11 is 0. The largest absolute Gasteiger partial charge is 0.489 e. The lowest BCUT2D eigenvalue weighted by Gasteiger charge is -2.09. The molecule has 8 heteroatoms. The summed E-state index contributed by atoms with van der Waals surface area (Å²) in [6.07, 6.45) is 0. The van der Waals surface area contributed by atoms with Gasteiger partial charge in [-0.25, -0.2) is 9.59 Å². The fourth-order valence-electron chi connectivity index (χ4n) is 3.54. The molecule has 0 spiro atoms. The number of amides is 1. The van der Waals surface area contributed by atoms with E-state index in [1.165, 1.54) is 13.0 Å². The number of Topliss-reactive ketones (excluding diaryl/α,β-unsaturated/α-hetero) is 1. The van der Waals surface area contributed by atoms with Gasteiger partial charge in [-0.15, -0.1) is 0 Å². The number of anilines is 1. The van der Waals surface area contributed by atoms with Crippen LogP contribution in [0.1, 0.15) is 38.8 Å². The maximum absolute atomic E-state index is 12.3. The number of nitrogens with one attached hydrogen (secondary N) is 1. The Hall–Kier alpha value is -4.72. The van der Waals surface area contributed by atoms with Gasteiger partial charge >= 0.3 is 11.6 Å². The Morgan fingerprint density at radius 2 is 1.58 bits per heavy atom. The summed E-state index contributed by atoms with van der Waals surface area (Å²) in [7, 11) is 0. The number of esters is 1. The van der Waals surface area contributed by atoms with Crippen molar-refractivity contribution < 1.29 is 28.3 Å². The average molecular weight is 485 g/mol. The van der Waals surface area contributed by atoms with Gasteiger partial charge in [0, 0.05) is 35.7 Å². The van der Waals surface area contributed by atoms with Crippen LogP contribution in [0.25, 0.3) is 11.0 Å². The lowest BCUT2D eigenvalue weighted by atomic mass is 10.1. The summed E-state index contributed by atoms with van der Waals surface area (Å²) in [5.74, 6) is -0.641. The van der Waals surface area contributed by atoms with Gasteiger partial charge in [-0.2, -0.15) is 0 Å². The molecule has 0 aliphatic carbocycles. The predicted molar refractivity (Wildman–Crippen MR) is 133 cm³/mol. The van der Waals surface area contributed by atoms with Gasteiger partial charge in [0.2, 0.25) is 5.91 Å². The fourth-order valence-corrected chi connectivity index (χ4v) is 3.54. The number of ketones is 1. The molecule has 0 aliphatic heterocycles. The summed E-state index contributed by atoms with van der Waals surface area (Å²) in [5.41, 5.74) is 2.92. The molecule has 8 nitrogen and oxygen atoms in total. The second kappa shape index (κ2) is 10.7. The van der Waals surface area contributed by atoms with Crippen molar-refractivity contribution in [1.82, 2.24) is 0 Å². The molecule has 1 aromatic heterocycles. The van der Waals surface area contributed by atoms with Crippen molar-refractivity contribution in [3.05, 3.63) is 105 Å². The summed E-state index contributed by atoms with van der Waals surface area (Å²) in [6.45, 7) is 3.07. The van der Waals surface area contributed by atoms with E-state index in [1.807, 2.05) is 13.0 Å². The van der Waals surface area contributed by atoms with Crippen LogP contribution >= 0.6 is 0 Å². The van der Waals surface area contributed by atoms with E-state index in [9.17, 15) is 19.2 Å². The summed E-state index contributed by atoms with van der Waals surface area (Å²) in [6, 6.07) is 19.7. The first-order valence-electron chi connectivity index (χ1n) is 11.1. The smallest absolute Gasteiger partial charge is 0.338 e. The zero-order valence-electron chi connectivity index (χ0n) is 19.7. The minimum absolute atomic E-state index is 0.209. The van der Waals surface area contributed by atoms with Crippen molar-refractivity contribution in [2.24, 2.45) is 0 Å². The molecule has 4 aromatic rings. The van der Waals surface area contributed by atoms with Gasteiger partial charge < -0.3 is 19.2 Å². The Kier molecular flexibility index (Phi) is 7.25. The van der Waals surface area contributed by atoms with Gasteiger partial charge in [0.1, 0.15) is 17.9 Å². The Morgan fingerprint density at radius 1 is 0.889 bits per heavy atom. The van der Waals surface area contributed by atoms with E-state index in [4.69, 9.17) is 13.9 Å². The summed E-state index contributed by atoms with van der Waals surface area (Å²) < 4.78 is 16.2. The number of hydrogen-bond donors (Lipinski definition) is 1. The van der Waals surface area contributed by atoms with Crippen molar-refractivity contribution in [1.29, 1.82) is 0 Å². The molecule has 0 bridgehead atoms. The SMILES string of the molecule is CC(=O)Nc1ccc(C(=O)COC(=O)c2ccc(COc3ccc4c(C)cc(=O)oc4c3)cc2)cc1. The van der Waals surface area contributed by atoms with Crippen LogP contribution in [-0.2, 0) is 16.1 Å². The molecule has 1 heterocycles. The predicted octanol–water partition coefficient (Wildman–Crippen LogP) is 4.68. The van der Waals surface area contributed by atoms with E-state index in [1.54, 1.807) is 60.7 Å². The highest BCUT2D eigenvalue weighted by Gasteiger charge is 2.12. The Balaban J connectivity index is 1.30. The molecule has 0 fully saturated rings. The molecule has 0 unspecified atom stereocenters. The second-order valence-electron chi connectivity index (χ2n) is 8.15. The maximum atomic E-state index is 12.3. The number of carbonyl (C=O) groups is 3. The number of ether oxygens (including phenoxy) is 2. The minimum atomic E-state index is -0.620. The molecule has 182 valence electrons. The quantitative estimate of drug-likeness (QED) is 0.219. The average Bonchev–Trinajstić information content (AvgIpc) is 2.86. The second-order valence-corrected chi connectivity index (χ2v) is 8.15. The first-order chi connectivity index (χ1) is 17.3. The topological polar surface area (TPSA) is 112 Å². The minimum Gasteiger partial charge on any atom is -0.489 e. The highest BCUT2D eigenvalue weighted by Crippen LogP contribution is 2.23. The van der Waals surface area contributed by atoms with E-state index in [0.29, 0.717) is 28.1 Å². The van der Waals surface area contributed by atoms with Crippen LogP contribution in [0.3, 0.4) is 0 Å². The first kappa shape index (κ1) is 24.4. The van der Waals surface area contributed by atoms with Crippen molar-refractivity contribution in [2.75, 3.05) is 11.9 Å². The Morgan fingerprint density at radius 3 is 2.28 bits per heavy atom. The van der Waals surface area contributed by atoms with Crippen LogP contribution in [0, 0.1) is 6.92 Å². The molecule has 36 heavy (non-hydrogen) atoms. The Labute approximate surface area is 206 Å². The van der Waals surface area contributed by atoms with Crippen molar-refractivity contribution in [3.8, 4) is 5.75 Å². The third kappa shape index (κ3) is 6.04. The van der Waals surface area contributed by atoms with Gasteiger partial charge in [0.05, 0.1) is 5.56 Å². The van der Waals surface area contributed by atoms with Crippen LogP contribution in [0.2, 0.25) is 0 Å². The van der Waals surface area contributed by atoms with Gasteiger partial charge in [-0.05, 0) is 66.6 Å². The molecule has 3 aromatic carbocycles. The van der Waals surface area contributed by atoms with Crippen LogP contribution in [0.15, 0.2) is 82.0 Å². The number of benzene rings is 3. The highest BCUT2D eigenvalue weighted by molar-refractivity contribution is 6.00. The van der Waals surface area contributed by atoms with Crippen LogP contribution in [-0.4, -0.2) is 24.3 Å². The highest BCUT2D eigenvalue weighted by atomic mass is 16.5. The first-order valence-corrected chi connectivity index (χ1v) is 11.1. The normalized spacial score (nSPS) is 10.6. The number of rotatable bonds is 8. The van der Waals surface area contributed by atoms with Crippen LogP contribution < -0.4 is 15.7 Å². The maximum Gasteiger partial charge on any atom is 0.338 e. The molecule has 4 rings (SSSR count). The number of hydrogen-bond acceptors (Lipinski definition) is 7. The van der Waals surface area contributed by atoms with E-state index in [2.05, 4.69) is 5.32 Å². The molecule has 0 radical (unpaired) electrons. The third-order valence-corrected chi connectivity index (χ3v) is 5.38. The van der Waals surface area contributed by atoms with Crippen molar-refractivity contribution in [2.45, 2.75) is 20.5 Å². The Bertz CT molecular complexity index is 1490. The summed E-state index contributed by atoms with van der Waals surface area (Å²) in [5, 5.41) is 3.45. The monoisotopic (exact) mass is 485 g/mol.